The van der Waals surface area contributed by atoms with Crippen molar-refractivity contribution < 1.29 is 23.5 Å². The molecule has 6 heteroatoms. The topological polar surface area (TPSA) is 59.0 Å². The molecule has 5 rings (SSSR count). The molecule has 2 bridgehead atoms. The van der Waals surface area contributed by atoms with Gasteiger partial charge in [-0.3, -0.25) is 4.79 Å². The molecule has 130 valence electrons. The van der Waals surface area contributed by atoms with E-state index in [1.54, 1.807) is 6.07 Å². The van der Waals surface area contributed by atoms with Crippen LogP contribution in [0, 0.1) is 0 Å². The van der Waals surface area contributed by atoms with Gasteiger partial charge in [0.1, 0.15) is 0 Å². The van der Waals surface area contributed by atoms with Gasteiger partial charge in [0.15, 0.2) is 23.4 Å². The molecular formula is C18H22ClNO4. The Kier molecular flexibility index (Phi) is 2.63. The monoisotopic (exact) mass is 354 g/mol. The first-order valence-corrected chi connectivity index (χ1v) is 8.15. The third kappa shape index (κ3) is 1.52. The van der Waals surface area contributed by atoms with Crippen LogP contribution in [0.2, 0.25) is 0 Å². The molecule has 1 saturated heterocycles. The molecule has 2 fully saturated rings. The standard InChI is InChI=1S/C18H21NO4.ClH/c1-19-8-7-17-14-10-3-4-12(22-2)15(14)23-16(17)11(20)5-6-18(17,21)13(19)9-10;/h3-4,13,16,21H,5-9H2,1-2H3;1H/t13-,16+,17+,18-;/m1./s1/i2D3;. The third-order valence-electron chi connectivity index (χ3n) is 6.62. The molecule has 4 atom stereocenters. The van der Waals surface area contributed by atoms with Crippen molar-refractivity contribution in [3.63, 3.8) is 0 Å². The van der Waals surface area contributed by atoms with Crippen LogP contribution in [-0.2, 0) is 16.6 Å². The summed E-state index contributed by atoms with van der Waals surface area (Å²) in [7, 11) is -0.599. The number of ketones is 1. The van der Waals surface area contributed by atoms with Gasteiger partial charge in [0.05, 0.1) is 22.2 Å². The highest BCUT2D eigenvalue weighted by molar-refractivity contribution is 5.90. The van der Waals surface area contributed by atoms with Crippen molar-refractivity contribution in [1.82, 2.24) is 4.90 Å². The minimum absolute atomic E-state index is 0. The lowest BCUT2D eigenvalue weighted by atomic mass is 9.49. The molecule has 1 saturated carbocycles. The first-order chi connectivity index (χ1) is 12.2. The predicted molar refractivity (Wildman–Crippen MR) is 90.3 cm³/mol. The van der Waals surface area contributed by atoms with Crippen molar-refractivity contribution >= 4 is 18.2 Å². The minimum atomic E-state index is -2.61. The van der Waals surface area contributed by atoms with Gasteiger partial charge in [-0.1, -0.05) is 6.07 Å². The fourth-order valence-electron chi connectivity index (χ4n) is 5.60. The Bertz CT molecular complexity index is 832. The number of hydrogen-bond donors (Lipinski definition) is 1. The summed E-state index contributed by atoms with van der Waals surface area (Å²) in [6.07, 6.45) is 1.16. The average molecular weight is 355 g/mol. The molecule has 2 aliphatic heterocycles. The number of piperidine rings is 1. The Morgan fingerprint density at radius 3 is 3.08 bits per heavy atom. The van der Waals surface area contributed by atoms with Crippen molar-refractivity contribution in [2.24, 2.45) is 0 Å². The highest BCUT2D eigenvalue weighted by atomic mass is 35.5. The normalized spacial score (nSPS) is 41.2. The number of ether oxygens (including phenoxy) is 2. The van der Waals surface area contributed by atoms with Crippen LogP contribution in [0.15, 0.2) is 12.1 Å². The summed E-state index contributed by atoms with van der Waals surface area (Å²) in [5.41, 5.74) is -0.0631. The van der Waals surface area contributed by atoms with Crippen LogP contribution in [0.4, 0.5) is 0 Å². The second-order valence-corrected chi connectivity index (χ2v) is 7.34. The van der Waals surface area contributed by atoms with E-state index >= 15 is 0 Å². The molecule has 2 aliphatic carbocycles. The van der Waals surface area contributed by atoms with Gasteiger partial charge in [-0.25, -0.2) is 0 Å². The van der Waals surface area contributed by atoms with Crippen LogP contribution in [0.5, 0.6) is 11.5 Å². The zero-order valence-corrected chi connectivity index (χ0v) is 14.2. The van der Waals surface area contributed by atoms with E-state index in [9.17, 15) is 9.90 Å². The lowest BCUT2D eigenvalue weighted by molar-refractivity contribution is -0.185. The molecule has 1 aromatic carbocycles. The van der Waals surface area contributed by atoms with Crippen LogP contribution in [0.3, 0.4) is 0 Å². The number of hydrogen-bond acceptors (Lipinski definition) is 5. The number of halogens is 1. The molecule has 4 aliphatic rings. The lowest BCUT2D eigenvalue weighted by Gasteiger charge is -2.62. The Labute approximate surface area is 151 Å². The molecule has 0 radical (unpaired) electrons. The lowest BCUT2D eigenvalue weighted by Crippen LogP contribution is -2.76. The number of carbonyl (C=O) groups is 1. The maximum Gasteiger partial charge on any atom is 0.174 e. The first kappa shape index (κ1) is 13.0. The molecule has 2 heterocycles. The Morgan fingerprint density at radius 2 is 2.29 bits per heavy atom. The minimum Gasteiger partial charge on any atom is -0.493 e. The molecule has 1 spiro atoms. The number of rotatable bonds is 1. The van der Waals surface area contributed by atoms with E-state index in [1.807, 2.05) is 13.1 Å². The van der Waals surface area contributed by atoms with Crippen LogP contribution in [0.25, 0.3) is 0 Å². The smallest absolute Gasteiger partial charge is 0.174 e. The maximum atomic E-state index is 12.7. The fourth-order valence-corrected chi connectivity index (χ4v) is 5.60. The highest BCUT2D eigenvalue weighted by Crippen LogP contribution is 2.64. The summed E-state index contributed by atoms with van der Waals surface area (Å²) in [6, 6.07) is 3.39. The molecule has 0 amide bonds. The van der Waals surface area contributed by atoms with E-state index in [2.05, 4.69) is 4.90 Å². The van der Waals surface area contributed by atoms with E-state index in [4.69, 9.17) is 13.6 Å². The average Bonchev–Trinajstić information content (AvgIpc) is 2.90. The number of likely N-dealkylation sites (N-methyl/N-ethyl adjacent to an activating group) is 1. The summed E-state index contributed by atoms with van der Waals surface area (Å²) >= 11 is 0. The molecular weight excluding hydrogens is 330 g/mol. The molecule has 0 unspecified atom stereocenters. The molecule has 24 heavy (non-hydrogen) atoms. The van der Waals surface area contributed by atoms with E-state index in [0.717, 1.165) is 17.7 Å². The number of likely N-dealkylation sites (tertiary alicyclic amines) is 1. The van der Waals surface area contributed by atoms with E-state index in [1.165, 1.54) is 0 Å². The predicted octanol–water partition coefficient (Wildman–Crippen LogP) is 1.47. The number of methoxy groups -OCH3 is 1. The Hall–Kier alpha value is -1.30. The van der Waals surface area contributed by atoms with E-state index in [-0.39, 0.29) is 36.4 Å². The molecule has 0 aromatic heterocycles. The summed E-state index contributed by atoms with van der Waals surface area (Å²) in [6.45, 7) is 0.753. The summed E-state index contributed by atoms with van der Waals surface area (Å²) < 4.78 is 33.5. The second kappa shape index (κ2) is 4.87. The van der Waals surface area contributed by atoms with Crippen LogP contribution >= 0.6 is 12.4 Å². The van der Waals surface area contributed by atoms with Gasteiger partial charge in [-0.2, -0.15) is 0 Å². The molecule has 1 aromatic rings. The zero-order chi connectivity index (χ0) is 18.5. The Balaban J connectivity index is 0.00000180. The third-order valence-corrected chi connectivity index (χ3v) is 6.62. The number of aliphatic hydroxyl groups is 1. The number of nitrogens with zero attached hydrogens (tertiary/aromatic N) is 1. The summed E-state index contributed by atoms with van der Waals surface area (Å²) in [5, 5.41) is 11.8. The SMILES string of the molecule is Cl.[2H]C([2H])([2H])Oc1ccc2c3c1O[C@H]1C(=O)CC[C@@]4(O)[C@@H](C2)N(C)CC[C@]314. The highest BCUT2D eigenvalue weighted by Gasteiger charge is 2.72. The van der Waals surface area contributed by atoms with Crippen LogP contribution < -0.4 is 9.47 Å². The van der Waals surface area contributed by atoms with Gasteiger partial charge < -0.3 is 19.5 Å². The number of Topliss-reactive ketones (excluding diaryl/α,β-unsaturated/α-hetero) is 1. The van der Waals surface area contributed by atoms with Crippen molar-refractivity contribution in [2.75, 3.05) is 20.6 Å². The van der Waals surface area contributed by atoms with Gasteiger partial charge in [0, 0.05) is 18.0 Å². The van der Waals surface area contributed by atoms with Gasteiger partial charge in [0.25, 0.3) is 0 Å². The van der Waals surface area contributed by atoms with E-state index in [0.29, 0.717) is 25.0 Å². The van der Waals surface area contributed by atoms with Gasteiger partial charge >= 0.3 is 0 Å². The fraction of sp³-hybridized carbons (Fsp3) is 0.611. The maximum absolute atomic E-state index is 12.7. The zero-order valence-electron chi connectivity index (χ0n) is 16.4. The van der Waals surface area contributed by atoms with Gasteiger partial charge in [-0.15, -0.1) is 12.4 Å². The van der Waals surface area contributed by atoms with Crippen molar-refractivity contribution in [1.29, 1.82) is 0 Å². The number of benzene rings is 1. The largest absolute Gasteiger partial charge is 0.493 e. The van der Waals surface area contributed by atoms with Crippen molar-refractivity contribution in [3.8, 4) is 11.5 Å². The molecule has 5 nitrogen and oxygen atoms in total. The summed E-state index contributed by atoms with van der Waals surface area (Å²) in [5.74, 6) is 0.433. The van der Waals surface area contributed by atoms with Crippen LogP contribution in [0.1, 0.15) is 34.5 Å². The van der Waals surface area contributed by atoms with E-state index < -0.39 is 24.2 Å². The molecule has 1 N–H and O–H groups in total. The first-order valence-electron chi connectivity index (χ1n) is 9.65. The van der Waals surface area contributed by atoms with Gasteiger partial charge in [0.2, 0.25) is 0 Å². The second-order valence-electron chi connectivity index (χ2n) is 7.34. The Morgan fingerprint density at radius 1 is 1.46 bits per heavy atom. The number of carbonyl (C=O) groups excluding carboxylic acids is 1. The van der Waals surface area contributed by atoms with Crippen molar-refractivity contribution in [2.45, 2.75) is 48.8 Å². The van der Waals surface area contributed by atoms with Crippen LogP contribution in [-0.4, -0.2) is 54.2 Å². The van der Waals surface area contributed by atoms with Crippen molar-refractivity contribution in [3.05, 3.63) is 23.3 Å². The van der Waals surface area contributed by atoms with Gasteiger partial charge in [-0.05, 0) is 44.5 Å². The quantitative estimate of drug-likeness (QED) is 0.827. The summed E-state index contributed by atoms with van der Waals surface area (Å²) in [4.78, 5) is 14.9.